The molecule has 1 unspecified atom stereocenters. The highest BCUT2D eigenvalue weighted by Gasteiger charge is 2.51. The number of hydrogen-bond acceptors (Lipinski definition) is 5. The highest BCUT2D eigenvalue weighted by molar-refractivity contribution is 5.78. The molecule has 1 N–H and O–H groups in total. The number of amides is 1. The van der Waals surface area contributed by atoms with Gasteiger partial charge in [-0.3, -0.25) is 9.59 Å². The lowest BCUT2D eigenvalue weighted by Gasteiger charge is -2.37. The third kappa shape index (κ3) is 2.63. The molecule has 1 saturated heterocycles. The van der Waals surface area contributed by atoms with E-state index in [9.17, 15) is 14.7 Å². The molecule has 2 aromatic rings. The van der Waals surface area contributed by atoms with Crippen molar-refractivity contribution in [3.05, 3.63) is 34.6 Å². The molecule has 1 amide bonds. The van der Waals surface area contributed by atoms with Gasteiger partial charge in [0, 0.05) is 13.0 Å². The van der Waals surface area contributed by atoms with Crippen molar-refractivity contribution in [1.29, 1.82) is 0 Å². The summed E-state index contributed by atoms with van der Waals surface area (Å²) in [5.74, 6) is -0.0136. The Morgan fingerprint density at radius 1 is 1.28 bits per heavy atom. The van der Waals surface area contributed by atoms with Gasteiger partial charge in [-0.2, -0.15) is 0 Å². The number of nitrogens with zero attached hydrogens (tertiary/aromatic N) is 4. The molecule has 4 rings (SSSR count). The van der Waals surface area contributed by atoms with E-state index in [1.807, 2.05) is 11.0 Å². The second kappa shape index (κ2) is 6.22. The molecule has 2 heterocycles. The Morgan fingerprint density at radius 3 is 2.84 bits per heavy atom. The lowest BCUT2D eigenvalue weighted by Crippen LogP contribution is -2.51. The van der Waals surface area contributed by atoms with Gasteiger partial charge in [0.25, 0.3) is 5.56 Å². The van der Waals surface area contributed by atoms with Crippen LogP contribution in [-0.4, -0.2) is 49.1 Å². The van der Waals surface area contributed by atoms with Crippen molar-refractivity contribution in [3.8, 4) is 0 Å². The summed E-state index contributed by atoms with van der Waals surface area (Å²) in [5.41, 5.74) is -0.0463. The quantitative estimate of drug-likeness (QED) is 0.902. The fourth-order valence-electron chi connectivity index (χ4n) is 4.39. The highest BCUT2D eigenvalue weighted by atomic mass is 16.3. The van der Waals surface area contributed by atoms with Crippen molar-refractivity contribution in [2.75, 3.05) is 6.54 Å². The van der Waals surface area contributed by atoms with E-state index in [-0.39, 0.29) is 30.0 Å². The first kappa shape index (κ1) is 16.2. The van der Waals surface area contributed by atoms with Crippen molar-refractivity contribution >= 4 is 16.8 Å². The Morgan fingerprint density at radius 2 is 2.04 bits per heavy atom. The predicted molar refractivity (Wildman–Crippen MR) is 92.0 cm³/mol. The second-order valence-electron chi connectivity index (χ2n) is 7.05. The first-order valence-corrected chi connectivity index (χ1v) is 8.93. The van der Waals surface area contributed by atoms with Crippen molar-refractivity contribution in [1.82, 2.24) is 19.9 Å². The summed E-state index contributed by atoms with van der Waals surface area (Å²) in [6.45, 7) is 0.802. The third-order valence-electron chi connectivity index (χ3n) is 5.72. The van der Waals surface area contributed by atoms with E-state index in [0.29, 0.717) is 23.9 Å². The van der Waals surface area contributed by atoms with Crippen LogP contribution in [0.1, 0.15) is 38.5 Å². The molecule has 1 aliphatic heterocycles. The fraction of sp³-hybridized carbons (Fsp3) is 0.556. The van der Waals surface area contributed by atoms with Gasteiger partial charge in [0.05, 0.1) is 23.6 Å². The molecule has 2 fully saturated rings. The topological polar surface area (TPSA) is 88.3 Å². The van der Waals surface area contributed by atoms with Crippen LogP contribution in [0.2, 0.25) is 0 Å². The maximum Gasteiger partial charge on any atom is 0.277 e. The fourth-order valence-corrected chi connectivity index (χ4v) is 4.39. The minimum atomic E-state index is -0.429. The van der Waals surface area contributed by atoms with Gasteiger partial charge in [-0.05, 0) is 31.4 Å². The number of likely N-dealkylation sites (tertiary alicyclic amines) is 1. The van der Waals surface area contributed by atoms with Crippen LogP contribution in [0.4, 0.5) is 0 Å². The van der Waals surface area contributed by atoms with Crippen molar-refractivity contribution in [2.45, 2.75) is 56.7 Å². The van der Waals surface area contributed by atoms with Crippen LogP contribution in [0.3, 0.4) is 0 Å². The molecule has 1 saturated carbocycles. The van der Waals surface area contributed by atoms with E-state index in [1.54, 1.807) is 18.2 Å². The number of aliphatic hydroxyl groups excluding tert-OH is 1. The Hall–Kier alpha value is -2.28. The molecule has 7 heteroatoms. The first-order chi connectivity index (χ1) is 12.1. The van der Waals surface area contributed by atoms with Gasteiger partial charge in [-0.25, -0.2) is 4.68 Å². The first-order valence-electron chi connectivity index (χ1n) is 8.93. The van der Waals surface area contributed by atoms with E-state index >= 15 is 0 Å². The third-order valence-corrected chi connectivity index (χ3v) is 5.72. The lowest BCUT2D eigenvalue weighted by molar-refractivity contribution is -0.137. The van der Waals surface area contributed by atoms with Crippen LogP contribution in [0.5, 0.6) is 0 Å². The summed E-state index contributed by atoms with van der Waals surface area (Å²) in [6.07, 6.45) is 4.25. The average Bonchev–Trinajstić information content (AvgIpc) is 3.24. The number of carbonyl (C=O) groups is 1. The average molecular weight is 342 g/mol. The maximum absolute atomic E-state index is 12.8. The van der Waals surface area contributed by atoms with Crippen LogP contribution in [0.25, 0.3) is 10.9 Å². The largest absolute Gasteiger partial charge is 0.391 e. The van der Waals surface area contributed by atoms with Crippen molar-refractivity contribution < 1.29 is 9.90 Å². The summed E-state index contributed by atoms with van der Waals surface area (Å²) in [7, 11) is 0. The molecule has 25 heavy (non-hydrogen) atoms. The number of aromatic nitrogens is 3. The number of benzene rings is 1. The Balaban J connectivity index is 1.51. The number of fused-ring (bicyclic) bond motifs is 1. The monoisotopic (exact) mass is 342 g/mol. The zero-order valence-electron chi connectivity index (χ0n) is 14.1. The van der Waals surface area contributed by atoms with E-state index < -0.39 is 6.10 Å². The van der Waals surface area contributed by atoms with Gasteiger partial charge in [0.1, 0.15) is 5.52 Å². The second-order valence-corrected chi connectivity index (χ2v) is 7.05. The molecule has 1 spiro atoms. The van der Waals surface area contributed by atoms with E-state index in [0.717, 1.165) is 25.7 Å². The molecular weight excluding hydrogens is 320 g/mol. The van der Waals surface area contributed by atoms with Crippen molar-refractivity contribution in [2.24, 2.45) is 0 Å². The summed E-state index contributed by atoms with van der Waals surface area (Å²) >= 11 is 0. The van der Waals surface area contributed by atoms with Gasteiger partial charge in [0.2, 0.25) is 5.91 Å². The van der Waals surface area contributed by atoms with E-state index in [4.69, 9.17) is 0 Å². The SMILES string of the molecule is O=C(CCn1nnc2ccccc2c1=O)N1CCC(O)C12CCCC2. The summed E-state index contributed by atoms with van der Waals surface area (Å²) in [5, 5.41) is 18.9. The Labute approximate surface area is 145 Å². The van der Waals surface area contributed by atoms with Gasteiger partial charge in [0.15, 0.2) is 0 Å². The van der Waals surface area contributed by atoms with Crippen molar-refractivity contribution in [3.63, 3.8) is 0 Å². The predicted octanol–water partition coefficient (Wildman–Crippen LogP) is 1.09. The molecular formula is C18H22N4O3. The molecule has 2 aliphatic rings. The lowest BCUT2D eigenvalue weighted by atomic mass is 9.91. The standard InChI is InChI=1S/C18H22N4O3/c23-15-7-11-21(18(15)9-3-4-10-18)16(24)8-12-22-17(25)13-5-1-2-6-14(13)19-20-22/h1-2,5-6,15,23H,3-4,7-12H2. The molecule has 0 radical (unpaired) electrons. The van der Waals surface area contributed by atoms with Gasteiger partial charge >= 0.3 is 0 Å². The zero-order chi connectivity index (χ0) is 17.4. The molecule has 7 nitrogen and oxygen atoms in total. The Kier molecular flexibility index (Phi) is 4.03. The van der Waals surface area contributed by atoms with Crippen LogP contribution in [0.15, 0.2) is 29.1 Å². The van der Waals surface area contributed by atoms with Gasteiger partial charge in [-0.15, -0.1) is 5.10 Å². The van der Waals surface area contributed by atoms with Crippen LogP contribution in [-0.2, 0) is 11.3 Å². The van der Waals surface area contributed by atoms with Crippen LogP contribution >= 0.6 is 0 Å². The minimum Gasteiger partial charge on any atom is -0.391 e. The smallest absolute Gasteiger partial charge is 0.277 e. The molecule has 1 aromatic carbocycles. The van der Waals surface area contributed by atoms with E-state index in [2.05, 4.69) is 10.3 Å². The number of aliphatic hydroxyl groups is 1. The number of aryl methyl sites for hydroxylation is 1. The summed E-state index contributed by atoms with van der Waals surface area (Å²) in [4.78, 5) is 27.1. The summed E-state index contributed by atoms with van der Waals surface area (Å²) < 4.78 is 1.26. The molecule has 1 atom stereocenters. The number of hydrogen-bond donors (Lipinski definition) is 1. The van der Waals surface area contributed by atoms with Gasteiger partial charge in [-0.1, -0.05) is 30.2 Å². The normalized spacial score (nSPS) is 22.1. The molecule has 0 bridgehead atoms. The van der Waals surface area contributed by atoms with Crippen LogP contribution < -0.4 is 5.56 Å². The maximum atomic E-state index is 12.8. The molecule has 132 valence electrons. The minimum absolute atomic E-state index is 0.0136. The summed E-state index contributed by atoms with van der Waals surface area (Å²) in [6, 6.07) is 7.06. The Bertz CT molecular complexity index is 857. The zero-order valence-corrected chi connectivity index (χ0v) is 14.1. The molecule has 1 aromatic heterocycles. The molecule has 1 aliphatic carbocycles. The number of carbonyl (C=O) groups excluding carboxylic acids is 1. The van der Waals surface area contributed by atoms with Gasteiger partial charge < -0.3 is 10.0 Å². The number of rotatable bonds is 3. The highest BCUT2D eigenvalue weighted by Crippen LogP contribution is 2.43. The van der Waals surface area contributed by atoms with E-state index in [1.165, 1.54) is 4.68 Å². The van der Waals surface area contributed by atoms with Crippen LogP contribution in [0, 0.1) is 0 Å².